The number of amides is 1. The van der Waals surface area contributed by atoms with E-state index in [4.69, 9.17) is 14.2 Å². The van der Waals surface area contributed by atoms with Crippen molar-refractivity contribution < 1.29 is 19.0 Å². The first-order valence-electron chi connectivity index (χ1n) is 7.77. The van der Waals surface area contributed by atoms with Crippen molar-refractivity contribution in [2.75, 3.05) is 20.8 Å². The Balaban J connectivity index is 1.88. The molecule has 0 saturated carbocycles. The highest BCUT2D eigenvalue weighted by atomic mass is 16.5. The summed E-state index contributed by atoms with van der Waals surface area (Å²) in [5, 5.41) is 3.92. The Hall–Kier alpha value is -3.02. The number of ether oxygens (including phenoxy) is 3. The van der Waals surface area contributed by atoms with Gasteiger partial charge in [0.2, 0.25) is 0 Å². The molecule has 0 radical (unpaired) electrons. The van der Waals surface area contributed by atoms with Gasteiger partial charge in [-0.3, -0.25) is 4.79 Å². The van der Waals surface area contributed by atoms with Crippen LogP contribution in [-0.4, -0.2) is 32.9 Å². The van der Waals surface area contributed by atoms with E-state index in [1.807, 2.05) is 38.1 Å². The van der Waals surface area contributed by atoms with Gasteiger partial charge >= 0.3 is 0 Å². The second-order valence-corrected chi connectivity index (χ2v) is 5.47. The predicted molar refractivity (Wildman–Crippen MR) is 96.7 cm³/mol. The van der Waals surface area contributed by atoms with Crippen LogP contribution in [0.25, 0.3) is 0 Å². The molecule has 2 aromatic rings. The van der Waals surface area contributed by atoms with E-state index in [-0.39, 0.29) is 12.5 Å². The van der Waals surface area contributed by atoms with E-state index in [1.165, 1.54) is 6.21 Å². The van der Waals surface area contributed by atoms with Crippen LogP contribution in [0.4, 0.5) is 0 Å². The molecule has 0 saturated heterocycles. The molecule has 0 atom stereocenters. The van der Waals surface area contributed by atoms with E-state index in [0.717, 1.165) is 16.7 Å². The molecular weight excluding hydrogens is 320 g/mol. The number of hydrazone groups is 1. The smallest absolute Gasteiger partial charge is 0.277 e. The lowest BCUT2D eigenvalue weighted by atomic mass is 10.1. The van der Waals surface area contributed by atoms with Gasteiger partial charge in [-0.05, 0) is 49.2 Å². The number of carbonyl (C=O) groups is 1. The van der Waals surface area contributed by atoms with Crippen molar-refractivity contribution in [3.05, 3.63) is 53.1 Å². The molecule has 0 unspecified atom stereocenters. The van der Waals surface area contributed by atoms with Gasteiger partial charge in [-0.1, -0.05) is 17.7 Å². The lowest BCUT2D eigenvalue weighted by molar-refractivity contribution is -0.123. The molecule has 0 heterocycles. The minimum atomic E-state index is -0.336. The largest absolute Gasteiger partial charge is 0.493 e. The molecule has 0 spiro atoms. The van der Waals surface area contributed by atoms with Crippen molar-refractivity contribution in [1.29, 1.82) is 0 Å². The van der Waals surface area contributed by atoms with Gasteiger partial charge in [0, 0.05) is 0 Å². The number of benzene rings is 2. The van der Waals surface area contributed by atoms with E-state index < -0.39 is 0 Å². The zero-order valence-electron chi connectivity index (χ0n) is 14.8. The minimum absolute atomic E-state index is 0.104. The fourth-order valence-corrected chi connectivity index (χ4v) is 2.25. The average Bonchev–Trinajstić information content (AvgIpc) is 2.60. The van der Waals surface area contributed by atoms with Gasteiger partial charge in [-0.15, -0.1) is 0 Å². The molecule has 0 fully saturated rings. The fourth-order valence-electron chi connectivity index (χ4n) is 2.25. The zero-order chi connectivity index (χ0) is 18.2. The molecule has 2 rings (SSSR count). The first kappa shape index (κ1) is 18.3. The quantitative estimate of drug-likeness (QED) is 0.620. The number of carbonyl (C=O) groups excluding carboxylic acids is 1. The lowest BCUT2D eigenvalue weighted by Gasteiger charge is -2.09. The van der Waals surface area contributed by atoms with Gasteiger partial charge in [-0.25, -0.2) is 5.43 Å². The summed E-state index contributed by atoms with van der Waals surface area (Å²) in [5.74, 6) is 1.57. The van der Waals surface area contributed by atoms with Crippen LogP contribution < -0.4 is 19.6 Å². The maximum atomic E-state index is 11.8. The van der Waals surface area contributed by atoms with Gasteiger partial charge in [0.05, 0.1) is 20.4 Å². The molecule has 0 aliphatic heterocycles. The summed E-state index contributed by atoms with van der Waals surface area (Å²) in [6.45, 7) is 3.84. The van der Waals surface area contributed by atoms with Gasteiger partial charge in [0.25, 0.3) is 5.91 Å². The summed E-state index contributed by atoms with van der Waals surface area (Å²) in [7, 11) is 3.13. The first-order chi connectivity index (χ1) is 12.0. The Kier molecular flexibility index (Phi) is 6.39. The van der Waals surface area contributed by atoms with Crippen LogP contribution in [0.15, 0.2) is 41.5 Å². The van der Waals surface area contributed by atoms with Crippen LogP contribution in [0.5, 0.6) is 17.2 Å². The van der Waals surface area contributed by atoms with Crippen molar-refractivity contribution in [2.45, 2.75) is 13.8 Å². The number of hydrogen-bond donors (Lipinski definition) is 1. The Bertz CT molecular complexity index is 772. The van der Waals surface area contributed by atoms with Gasteiger partial charge in [-0.2, -0.15) is 5.10 Å². The van der Waals surface area contributed by atoms with Crippen molar-refractivity contribution >= 4 is 12.1 Å². The first-order valence-corrected chi connectivity index (χ1v) is 7.77. The summed E-state index contributed by atoms with van der Waals surface area (Å²) in [6.07, 6.45) is 1.52. The Morgan fingerprint density at radius 3 is 2.44 bits per heavy atom. The summed E-state index contributed by atoms with van der Waals surface area (Å²) < 4.78 is 15.9. The van der Waals surface area contributed by atoms with Gasteiger partial charge < -0.3 is 14.2 Å². The van der Waals surface area contributed by atoms with Crippen LogP contribution in [-0.2, 0) is 4.79 Å². The average molecular weight is 342 g/mol. The van der Waals surface area contributed by atoms with Crippen molar-refractivity contribution in [3.63, 3.8) is 0 Å². The molecule has 0 bridgehead atoms. The molecular formula is C19H22N2O4. The maximum Gasteiger partial charge on any atom is 0.277 e. The number of methoxy groups -OCH3 is 2. The zero-order valence-corrected chi connectivity index (χ0v) is 14.8. The van der Waals surface area contributed by atoms with Crippen LogP contribution in [0.2, 0.25) is 0 Å². The highest BCUT2D eigenvalue weighted by Crippen LogP contribution is 2.26. The Labute approximate surface area is 147 Å². The number of hydrogen-bond acceptors (Lipinski definition) is 5. The summed E-state index contributed by atoms with van der Waals surface area (Å²) in [4.78, 5) is 11.8. The molecule has 25 heavy (non-hydrogen) atoms. The molecule has 1 amide bonds. The number of aryl methyl sites for hydroxylation is 2. The number of nitrogens with one attached hydrogen (secondary N) is 1. The molecule has 0 aromatic heterocycles. The lowest BCUT2D eigenvalue weighted by Crippen LogP contribution is -2.24. The van der Waals surface area contributed by atoms with Crippen LogP contribution >= 0.6 is 0 Å². The van der Waals surface area contributed by atoms with E-state index in [1.54, 1.807) is 26.4 Å². The SMILES string of the molecule is COc1ccc(/C=N\NC(=O)COc2ccc(C)cc2C)cc1OC. The van der Waals surface area contributed by atoms with E-state index in [9.17, 15) is 4.79 Å². The maximum absolute atomic E-state index is 11.8. The third-order valence-corrected chi connectivity index (χ3v) is 3.50. The monoisotopic (exact) mass is 342 g/mol. The topological polar surface area (TPSA) is 69.2 Å². The highest BCUT2D eigenvalue weighted by molar-refractivity contribution is 5.83. The number of nitrogens with zero attached hydrogens (tertiary/aromatic N) is 1. The second-order valence-electron chi connectivity index (χ2n) is 5.47. The Morgan fingerprint density at radius 2 is 1.76 bits per heavy atom. The van der Waals surface area contributed by atoms with E-state index in [0.29, 0.717) is 17.2 Å². The van der Waals surface area contributed by atoms with E-state index >= 15 is 0 Å². The standard InChI is InChI=1S/C19H22N2O4/c1-13-5-7-16(14(2)9-13)25-12-19(22)21-20-11-15-6-8-17(23-3)18(10-15)24-4/h5-11H,12H2,1-4H3,(H,21,22)/b20-11-. The molecule has 132 valence electrons. The fraction of sp³-hybridized carbons (Fsp3) is 0.263. The summed E-state index contributed by atoms with van der Waals surface area (Å²) in [5.41, 5.74) is 5.34. The predicted octanol–water partition coefficient (Wildman–Crippen LogP) is 2.85. The number of rotatable bonds is 7. The second kappa shape index (κ2) is 8.73. The molecule has 0 aliphatic carbocycles. The van der Waals surface area contributed by atoms with Gasteiger partial charge in [0.15, 0.2) is 18.1 Å². The summed E-state index contributed by atoms with van der Waals surface area (Å²) >= 11 is 0. The third-order valence-electron chi connectivity index (χ3n) is 3.50. The molecule has 1 N–H and O–H groups in total. The van der Waals surface area contributed by atoms with Crippen molar-refractivity contribution in [3.8, 4) is 17.2 Å². The summed E-state index contributed by atoms with van der Waals surface area (Å²) in [6, 6.07) is 11.1. The van der Waals surface area contributed by atoms with Crippen LogP contribution in [0.3, 0.4) is 0 Å². The molecule has 6 heteroatoms. The van der Waals surface area contributed by atoms with E-state index in [2.05, 4.69) is 10.5 Å². The molecule has 6 nitrogen and oxygen atoms in total. The van der Waals surface area contributed by atoms with Crippen molar-refractivity contribution in [2.24, 2.45) is 5.10 Å². The van der Waals surface area contributed by atoms with Crippen molar-refractivity contribution in [1.82, 2.24) is 5.43 Å². The third kappa shape index (κ3) is 5.24. The molecule has 0 aliphatic rings. The normalized spacial score (nSPS) is 10.6. The highest BCUT2D eigenvalue weighted by Gasteiger charge is 2.05. The Morgan fingerprint density at radius 1 is 1.04 bits per heavy atom. The van der Waals surface area contributed by atoms with Gasteiger partial charge in [0.1, 0.15) is 5.75 Å². The van der Waals surface area contributed by atoms with Crippen LogP contribution in [0, 0.1) is 13.8 Å². The van der Waals surface area contributed by atoms with Crippen LogP contribution in [0.1, 0.15) is 16.7 Å². The minimum Gasteiger partial charge on any atom is -0.493 e. The molecule has 2 aromatic carbocycles.